The zero-order valence-corrected chi connectivity index (χ0v) is 37.4. The van der Waals surface area contributed by atoms with Crippen LogP contribution in [-0.2, 0) is 4.74 Å². The zero-order chi connectivity index (χ0) is 42.0. The predicted octanol–water partition coefficient (Wildman–Crippen LogP) is 14.4. The summed E-state index contributed by atoms with van der Waals surface area (Å²) in [6.07, 6.45) is 80.6. The van der Waals surface area contributed by atoms with Crippen LogP contribution in [0, 0.1) is 64.1 Å². The molecule has 2 heteroatoms. The van der Waals surface area contributed by atoms with Crippen LogP contribution in [0.2, 0.25) is 0 Å². The van der Waals surface area contributed by atoms with Gasteiger partial charge in [-0.3, -0.25) is 0 Å². The molecule has 2 nitrogen and oxygen atoms in total. The second-order valence-corrected chi connectivity index (χ2v) is 21.4. The maximum atomic E-state index is 6.96. The lowest BCUT2D eigenvalue weighted by molar-refractivity contribution is 0.121. The molecule has 0 bridgehead atoms. The first-order valence-corrected chi connectivity index (χ1v) is 25.6. The Balaban J connectivity index is 0.974. The molecule has 13 aliphatic carbocycles. The molecule has 0 aromatic carbocycles. The minimum absolute atomic E-state index is 0.0332. The first kappa shape index (κ1) is 38.2. The van der Waals surface area contributed by atoms with Crippen LogP contribution in [0.15, 0.2) is 214 Å². The minimum Gasteiger partial charge on any atom is -0.489 e. The third-order valence-corrected chi connectivity index (χ3v) is 19.0. The van der Waals surface area contributed by atoms with Crippen LogP contribution in [0.25, 0.3) is 0 Å². The fourth-order valence-corrected chi connectivity index (χ4v) is 17.0. The molecule has 64 heavy (non-hydrogen) atoms. The normalized spacial score (nSPS) is 42.1. The van der Waals surface area contributed by atoms with Crippen molar-refractivity contribution in [1.29, 1.82) is 0 Å². The van der Waals surface area contributed by atoms with Gasteiger partial charge in [0.1, 0.15) is 11.9 Å². The third-order valence-electron chi connectivity index (χ3n) is 19.0. The van der Waals surface area contributed by atoms with Crippen LogP contribution in [0.1, 0.15) is 83.5 Å². The van der Waals surface area contributed by atoms with Gasteiger partial charge in [-0.15, -0.1) is 0 Å². The lowest BCUT2D eigenvalue weighted by Crippen LogP contribution is -2.44. The summed E-state index contributed by atoms with van der Waals surface area (Å²) < 4.78 is 6.96. The average Bonchev–Trinajstić information content (AvgIpc) is 4.08. The molecule has 2 fully saturated rings. The molecule has 0 N–H and O–H groups in total. The average molecular weight is 838 g/mol. The standard InChI is InChI=1S/C62H63NO/c1-3-19-40(20-4-1)61(41-21-5-2-6-22-41)52-31-15-10-26-47(52)59-53(61)32-17-33-55(59)63(56-34-18-36-58-60(56)48-27-11-16-35-57(48)64-58)42-37-38-46-45-25-9-14-30-51(45)62(54(46)39-42)49-28-12-7-23-43(49)44-24-8-13-29-50(44)62/h1,3,5,7-8,10-15,18,21-24,26-28,30-32,34,36-38,40,42-43,45,47,49-52,58,60H,2,4,6,9,16-17,19-20,25,29,33,35,39H2. The second kappa shape index (κ2) is 14.7. The van der Waals surface area contributed by atoms with Crippen LogP contribution < -0.4 is 0 Å². The van der Waals surface area contributed by atoms with Gasteiger partial charge in [0.15, 0.2) is 0 Å². The number of fused-ring (bicyclic) bond motifs is 14. The quantitative estimate of drug-likeness (QED) is 0.256. The molecular formula is C62H63NO. The molecule has 0 saturated heterocycles. The summed E-state index contributed by atoms with van der Waals surface area (Å²) in [5.41, 5.74) is 14.7. The van der Waals surface area contributed by atoms with Gasteiger partial charge in [-0.25, -0.2) is 0 Å². The second-order valence-electron chi connectivity index (χ2n) is 21.4. The fraction of sp³-hybridized carbons (Fsp3) is 0.419. The van der Waals surface area contributed by atoms with Gasteiger partial charge < -0.3 is 9.64 Å². The topological polar surface area (TPSA) is 12.5 Å². The Bertz CT molecular complexity index is 2660. The van der Waals surface area contributed by atoms with E-state index in [0.717, 1.165) is 57.8 Å². The van der Waals surface area contributed by atoms with Crippen LogP contribution >= 0.6 is 0 Å². The van der Waals surface area contributed by atoms with E-state index < -0.39 is 0 Å². The highest BCUT2D eigenvalue weighted by molar-refractivity contribution is 5.63. The highest BCUT2D eigenvalue weighted by Gasteiger charge is 2.66. The fourth-order valence-electron chi connectivity index (χ4n) is 17.0. The predicted molar refractivity (Wildman–Crippen MR) is 261 cm³/mol. The van der Waals surface area contributed by atoms with E-state index in [1.165, 1.54) is 42.7 Å². The van der Waals surface area contributed by atoms with Crippen molar-refractivity contribution in [3.8, 4) is 0 Å². The summed E-state index contributed by atoms with van der Waals surface area (Å²) >= 11 is 0. The van der Waals surface area contributed by atoms with Crippen molar-refractivity contribution in [2.45, 2.75) is 95.6 Å². The lowest BCUT2D eigenvalue weighted by atomic mass is 9.56. The van der Waals surface area contributed by atoms with E-state index >= 15 is 0 Å². The van der Waals surface area contributed by atoms with E-state index in [9.17, 15) is 0 Å². The third kappa shape index (κ3) is 5.09. The van der Waals surface area contributed by atoms with Crippen molar-refractivity contribution in [2.24, 2.45) is 64.1 Å². The van der Waals surface area contributed by atoms with Gasteiger partial charge in [0.25, 0.3) is 0 Å². The molecule has 1 spiro atoms. The van der Waals surface area contributed by atoms with Crippen LogP contribution in [0.5, 0.6) is 0 Å². The number of hydrogen-bond donors (Lipinski definition) is 0. The monoisotopic (exact) mass is 837 g/mol. The molecule has 0 aromatic heterocycles. The van der Waals surface area contributed by atoms with Crippen LogP contribution in [-0.4, -0.2) is 17.0 Å². The molecule has 322 valence electrons. The van der Waals surface area contributed by atoms with Crippen LogP contribution in [0.4, 0.5) is 0 Å². The molecule has 1 heterocycles. The van der Waals surface area contributed by atoms with E-state index in [1.54, 1.807) is 39.1 Å². The molecule has 13 unspecified atom stereocenters. The summed E-state index contributed by atoms with van der Waals surface area (Å²) in [7, 11) is 0. The smallest absolute Gasteiger partial charge is 0.129 e. The summed E-state index contributed by atoms with van der Waals surface area (Å²) in [6.45, 7) is 0. The molecule has 0 amide bonds. The zero-order valence-electron chi connectivity index (χ0n) is 37.4. The Morgan fingerprint density at radius 3 is 2.41 bits per heavy atom. The Morgan fingerprint density at radius 2 is 1.50 bits per heavy atom. The van der Waals surface area contributed by atoms with Gasteiger partial charge in [-0.05, 0) is 141 Å². The van der Waals surface area contributed by atoms with Gasteiger partial charge in [-0.1, -0.05) is 157 Å². The summed E-state index contributed by atoms with van der Waals surface area (Å²) in [5, 5.41) is 0. The van der Waals surface area contributed by atoms with Gasteiger partial charge >= 0.3 is 0 Å². The first-order chi connectivity index (χ1) is 31.8. The Hall–Kier alpha value is -5.08. The van der Waals surface area contributed by atoms with Crippen molar-refractivity contribution in [3.05, 3.63) is 214 Å². The van der Waals surface area contributed by atoms with Crippen LogP contribution in [0.3, 0.4) is 0 Å². The SMILES string of the molecule is C1=CCC2C(=C1)C1C=CC=CC1C21C2=C(C=CC(N(C3=CC=CC4OC5=C(C=CCC5)C34)C3=C4C(=CCC3)C(C3=CCCC=C3)(C3CC=CCC3)C3C=CC=CC43)C2)C2CCC=CC21. The first-order valence-electron chi connectivity index (χ1n) is 25.6. The van der Waals surface area contributed by atoms with E-state index in [0.29, 0.717) is 47.3 Å². The maximum absolute atomic E-state index is 6.96. The summed E-state index contributed by atoms with van der Waals surface area (Å²) in [5.74, 6) is 5.42. The molecule has 0 aromatic rings. The van der Waals surface area contributed by atoms with E-state index in [1.807, 2.05) is 0 Å². The molecular weight excluding hydrogens is 775 g/mol. The Kier molecular flexibility index (Phi) is 8.79. The van der Waals surface area contributed by atoms with Crippen molar-refractivity contribution < 1.29 is 4.74 Å². The summed E-state index contributed by atoms with van der Waals surface area (Å²) in [6, 6.07) is 0.217. The molecule has 0 radical (unpaired) electrons. The maximum Gasteiger partial charge on any atom is 0.129 e. The van der Waals surface area contributed by atoms with Crippen molar-refractivity contribution in [3.63, 3.8) is 0 Å². The van der Waals surface area contributed by atoms with E-state index in [4.69, 9.17) is 4.74 Å². The Morgan fingerprint density at radius 1 is 0.609 bits per heavy atom. The highest BCUT2D eigenvalue weighted by atomic mass is 16.5. The van der Waals surface area contributed by atoms with Gasteiger partial charge in [-0.2, -0.15) is 0 Å². The number of hydrogen-bond acceptors (Lipinski definition) is 2. The largest absolute Gasteiger partial charge is 0.489 e. The van der Waals surface area contributed by atoms with Gasteiger partial charge in [0.05, 0.1) is 12.0 Å². The van der Waals surface area contributed by atoms with Gasteiger partial charge in [0.2, 0.25) is 0 Å². The molecule has 14 aliphatic rings. The number of nitrogens with zero attached hydrogens (tertiary/aromatic N) is 1. The molecule has 13 atom stereocenters. The Labute approximate surface area is 381 Å². The number of allylic oxidation sites excluding steroid dienone is 31. The number of rotatable bonds is 5. The van der Waals surface area contributed by atoms with Crippen molar-refractivity contribution >= 4 is 0 Å². The minimum atomic E-state index is -0.0332. The van der Waals surface area contributed by atoms with Crippen molar-refractivity contribution in [1.82, 2.24) is 4.90 Å². The van der Waals surface area contributed by atoms with Crippen molar-refractivity contribution in [2.75, 3.05) is 0 Å². The highest BCUT2D eigenvalue weighted by Crippen LogP contribution is 2.73. The molecule has 14 rings (SSSR count). The molecule has 1 aliphatic heterocycles. The molecule has 2 saturated carbocycles. The lowest BCUT2D eigenvalue weighted by Gasteiger charge is -2.48. The number of ether oxygens (including phenoxy) is 1. The summed E-state index contributed by atoms with van der Waals surface area (Å²) in [4.78, 5) is 3.00. The van der Waals surface area contributed by atoms with E-state index in [-0.39, 0.29) is 28.9 Å². The van der Waals surface area contributed by atoms with Gasteiger partial charge in [0, 0.05) is 52.0 Å². The van der Waals surface area contributed by atoms with E-state index in [2.05, 4.69) is 163 Å².